The molecule has 11 heteroatoms. The zero-order valence-corrected chi connectivity index (χ0v) is 18.2. The Bertz CT molecular complexity index is 1180. The van der Waals surface area contributed by atoms with Crippen molar-refractivity contribution >= 4 is 59.9 Å². The summed E-state index contributed by atoms with van der Waals surface area (Å²) in [5.41, 5.74) is 0.817. The van der Waals surface area contributed by atoms with E-state index < -0.39 is 10.0 Å². The molecule has 29 heavy (non-hydrogen) atoms. The van der Waals surface area contributed by atoms with Gasteiger partial charge in [-0.15, -0.1) is 0 Å². The molecule has 3 aromatic rings. The number of rotatable bonds is 7. The number of hydrogen-bond acceptors (Lipinski definition) is 7. The number of fused-ring (bicyclic) bond motifs is 1. The second-order valence-corrected chi connectivity index (χ2v) is 8.97. The molecule has 0 unspecified atom stereocenters. The zero-order chi connectivity index (χ0) is 21.2. The van der Waals surface area contributed by atoms with Crippen LogP contribution in [0.25, 0.3) is 10.2 Å². The van der Waals surface area contributed by atoms with Gasteiger partial charge in [0, 0.05) is 12.5 Å². The van der Waals surface area contributed by atoms with Crippen LogP contribution in [0.1, 0.15) is 13.3 Å². The van der Waals surface area contributed by atoms with Crippen molar-refractivity contribution in [1.82, 2.24) is 4.98 Å². The fourth-order valence-electron chi connectivity index (χ4n) is 2.50. The minimum absolute atomic E-state index is 0.0115. The van der Waals surface area contributed by atoms with Crippen molar-refractivity contribution < 1.29 is 22.7 Å². The predicted molar refractivity (Wildman–Crippen MR) is 114 cm³/mol. The van der Waals surface area contributed by atoms with Crippen LogP contribution in [0.3, 0.4) is 0 Å². The SMILES string of the molecule is CCC(=O)Nc1nc2c(OC)cc(NS(=O)(=O)c3ccc(OC)c(Cl)c3)cc2s1. The number of hydrogen-bond donors (Lipinski definition) is 2. The Morgan fingerprint density at radius 3 is 2.52 bits per heavy atom. The molecule has 0 saturated heterocycles. The van der Waals surface area contributed by atoms with E-state index in [0.29, 0.717) is 39.0 Å². The highest BCUT2D eigenvalue weighted by molar-refractivity contribution is 7.92. The van der Waals surface area contributed by atoms with Crippen LogP contribution in [0, 0.1) is 0 Å². The number of sulfonamides is 1. The standard InChI is InChI=1S/C18H18ClN3O5S2/c1-4-16(23)20-18-21-17-14(27-3)7-10(8-15(17)28-18)22-29(24,25)11-5-6-13(26-2)12(19)9-11/h5-9,22H,4H2,1-3H3,(H,20,21,23). The maximum atomic E-state index is 12.8. The van der Waals surface area contributed by atoms with E-state index in [2.05, 4.69) is 15.0 Å². The Morgan fingerprint density at radius 1 is 1.17 bits per heavy atom. The molecule has 1 aromatic heterocycles. The number of aromatic nitrogens is 1. The molecule has 0 atom stereocenters. The molecular formula is C18H18ClN3O5S2. The van der Waals surface area contributed by atoms with Gasteiger partial charge in [0.2, 0.25) is 5.91 Å². The molecule has 3 rings (SSSR count). The summed E-state index contributed by atoms with van der Waals surface area (Å²) in [6, 6.07) is 7.33. The normalized spacial score (nSPS) is 11.3. The van der Waals surface area contributed by atoms with Gasteiger partial charge in [-0.2, -0.15) is 0 Å². The number of halogens is 1. The first-order valence-corrected chi connectivity index (χ1v) is 11.1. The van der Waals surface area contributed by atoms with E-state index in [1.54, 1.807) is 13.0 Å². The van der Waals surface area contributed by atoms with Crippen LogP contribution in [0.2, 0.25) is 5.02 Å². The average Bonchev–Trinajstić information content (AvgIpc) is 3.08. The van der Waals surface area contributed by atoms with Gasteiger partial charge in [0.1, 0.15) is 17.0 Å². The highest BCUT2D eigenvalue weighted by Crippen LogP contribution is 2.36. The van der Waals surface area contributed by atoms with Crippen molar-refractivity contribution in [2.75, 3.05) is 24.3 Å². The van der Waals surface area contributed by atoms with Crippen LogP contribution in [-0.4, -0.2) is 33.5 Å². The fraction of sp³-hybridized carbons (Fsp3) is 0.222. The first kappa shape index (κ1) is 21.2. The lowest BCUT2D eigenvalue weighted by Crippen LogP contribution is -2.13. The van der Waals surface area contributed by atoms with Crippen molar-refractivity contribution in [2.24, 2.45) is 0 Å². The molecule has 1 amide bonds. The Morgan fingerprint density at radius 2 is 1.90 bits per heavy atom. The summed E-state index contributed by atoms with van der Waals surface area (Å²) >= 11 is 7.26. The van der Waals surface area contributed by atoms with Crippen LogP contribution in [0.5, 0.6) is 11.5 Å². The summed E-state index contributed by atoms with van der Waals surface area (Å²) in [5.74, 6) is 0.585. The van der Waals surface area contributed by atoms with Gasteiger partial charge in [-0.1, -0.05) is 29.9 Å². The number of benzene rings is 2. The topological polar surface area (TPSA) is 107 Å². The number of nitrogens with zero attached hydrogens (tertiary/aromatic N) is 1. The predicted octanol–water partition coefficient (Wildman–Crippen LogP) is 4.12. The molecule has 0 aliphatic heterocycles. The van der Waals surface area contributed by atoms with Crippen molar-refractivity contribution in [1.29, 1.82) is 0 Å². The van der Waals surface area contributed by atoms with E-state index in [4.69, 9.17) is 21.1 Å². The molecule has 2 aromatic carbocycles. The Hall–Kier alpha value is -2.56. The Balaban J connectivity index is 1.96. The maximum absolute atomic E-state index is 12.8. The maximum Gasteiger partial charge on any atom is 0.261 e. The van der Waals surface area contributed by atoms with Crippen molar-refractivity contribution in [3.8, 4) is 11.5 Å². The molecule has 0 aliphatic carbocycles. The van der Waals surface area contributed by atoms with Crippen LogP contribution >= 0.6 is 22.9 Å². The van der Waals surface area contributed by atoms with Gasteiger partial charge in [-0.25, -0.2) is 13.4 Å². The van der Waals surface area contributed by atoms with Crippen LogP contribution in [0.15, 0.2) is 35.2 Å². The van der Waals surface area contributed by atoms with E-state index in [0.717, 1.165) is 0 Å². The van der Waals surface area contributed by atoms with E-state index in [-0.39, 0.29) is 15.8 Å². The van der Waals surface area contributed by atoms with Crippen molar-refractivity contribution in [3.05, 3.63) is 35.4 Å². The molecule has 8 nitrogen and oxygen atoms in total. The third-order valence-corrected chi connectivity index (χ3v) is 6.53. The summed E-state index contributed by atoms with van der Waals surface area (Å²) in [7, 11) is -0.998. The lowest BCUT2D eigenvalue weighted by atomic mass is 10.3. The average molecular weight is 456 g/mol. The van der Waals surface area contributed by atoms with Gasteiger partial charge in [-0.05, 0) is 24.3 Å². The molecular weight excluding hydrogens is 438 g/mol. The number of methoxy groups -OCH3 is 2. The minimum Gasteiger partial charge on any atom is -0.495 e. The van der Waals surface area contributed by atoms with Gasteiger partial charge in [0.15, 0.2) is 5.13 Å². The van der Waals surface area contributed by atoms with E-state index in [1.807, 2.05) is 0 Å². The van der Waals surface area contributed by atoms with Gasteiger partial charge in [0.25, 0.3) is 10.0 Å². The first-order valence-electron chi connectivity index (χ1n) is 8.42. The first-order chi connectivity index (χ1) is 13.8. The quantitative estimate of drug-likeness (QED) is 0.555. The zero-order valence-electron chi connectivity index (χ0n) is 15.8. The largest absolute Gasteiger partial charge is 0.495 e. The summed E-state index contributed by atoms with van der Waals surface area (Å²) in [6.07, 6.45) is 0.322. The number of anilines is 2. The lowest BCUT2D eigenvalue weighted by molar-refractivity contribution is -0.115. The number of ether oxygens (including phenoxy) is 2. The Labute approximate surface area is 176 Å². The summed E-state index contributed by atoms with van der Waals surface area (Å²) in [6.45, 7) is 1.74. The molecule has 0 saturated carbocycles. The Kier molecular flexibility index (Phi) is 6.15. The second kappa shape index (κ2) is 8.44. The number of thiazole rings is 1. The fourth-order valence-corrected chi connectivity index (χ4v) is 4.83. The molecule has 0 aliphatic rings. The summed E-state index contributed by atoms with van der Waals surface area (Å²) in [4.78, 5) is 15.9. The highest BCUT2D eigenvalue weighted by Gasteiger charge is 2.19. The van der Waals surface area contributed by atoms with Gasteiger partial charge in [-0.3, -0.25) is 9.52 Å². The van der Waals surface area contributed by atoms with E-state index in [9.17, 15) is 13.2 Å². The molecule has 0 fully saturated rings. The minimum atomic E-state index is -3.90. The van der Waals surface area contributed by atoms with Crippen molar-refractivity contribution in [2.45, 2.75) is 18.2 Å². The van der Waals surface area contributed by atoms with Gasteiger partial charge < -0.3 is 14.8 Å². The molecule has 1 heterocycles. The lowest BCUT2D eigenvalue weighted by Gasteiger charge is -2.11. The third-order valence-electron chi connectivity index (χ3n) is 3.93. The molecule has 0 spiro atoms. The third kappa shape index (κ3) is 4.55. The van der Waals surface area contributed by atoms with Crippen LogP contribution < -0.4 is 19.5 Å². The van der Waals surface area contributed by atoms with Gasteiger partial charge >= 0.3 is 0 Å². The van der Waals surface area contributed by atoms with Crippen LogP contribution in [0.4, 0.5) is 10.8 Å². The number of carbonyl (C=O) groups is 1. The summed E-state index contributed by atoms with van der Waals surface area (Å²) < 4.78 is 39.1. The number of nitrogens with one attached hydrogen (secondary N) is 2. The molecule has 2 N–H and O–H groups in total. The second-order valence-electron chi connectivity index (χ2n) is 5.85. The monoisotopic (exact) mass is 455 g/mol. The smallest absolute Gasteiger partial charge is 0.261 e. The van der Waals surface area contributed by atoms with E-state index in [1.165, 1.54) is 49.8 Å². The number of carbonyl (C=O) groups excluding carboxylic acids is 1. The summed E-state index contributed by atoms with van der Waals surface area (Å²) in [5, 5.41) is 3.28. The highest BCUT2D eigenvalue weighted by atomic mass is 35.5. The van der Waals surface area contributed by atoms with Gasteiger partial charge in [0.05, 0.1) is 34.5 Å². The molecule has 0 radical (unpaired) electrons. The molecule has 154 valence electrons. The number of amides is 1. The van der Waals surface area contributed by atoms with Crippen molar-refractivity contribution in [3.63, 3.8) is 0 Å². The van der Waals surface area contributed by atoms with E-state index >= 15 is 0 Å². The van der Waals surface area contributed by atoms with Crippen LogP contribution in [-0.2, 0) is 14.8 Å². The molecule has 0 bridgehead atoms.